The highest BCUT2D eigenvalue weighted by Crippen LogP contribution is 2.25. The van der Waals surface area contributed by atoms with E-state index in [4.69, 9.17) is 5.11 Å². The van der Waals surface area contributed by atoms with Gasteiger partial charge < -0.3 is 15.7 Å². The smallest absolute Gasteiger partial charge is 0.319 e. The average molecular weight is 288 g/mol. The molecule has 3 N–H and O–H groups in total. The minimum atomic E-state index is -0.111. The average Bonchev–Trinajstić information content (AvgIpc) is 2.95. The number of urea groups is 1. The first kappa shape index (κ1) is 14.4. The van der Waals surface area contributed by atoms with Crippen LogP contribution in [0.4, 0.5) is 10.5 Å². The molecule has 4 heteroatoms. The molecule has 0 atom stereocenters. The third kappa shape index (κ3) is 3.56. The highest BCUT2D eigenvalue weighted by molar-refractivity contribution is 5.89. The number of aliphatic hydroxyl groups is 1. The molecule has 0 spiro atoms. The lowest BCUT2D eigenvalue weighted by molar-refractivity contribution is 0.176. The van der Waals surface area contributed by atoms with Crippen LogP contribution in [-0.2, 0) is 12.8 Å². The Morgan fingerprint density at radius 1 is 1.14 bits per heavy atom. The van der Waals surface area contributed by atoms with Crippen LogP contribution in [-0.4, -0.2) is 23.8 Å². The first-order chi connectivity index (χ1) is 10.2. The van der Waals surface area contributed by atoms with E-state index >= 15 is 0 Å². The van der Waals surface area contributed by atoms with Crippen LogP contribution in [0.5, 0.6) is 0 Å². The number of aliphatic hydroxyl groups excluding tert-OH is 1. The zero-order valence-electron chi connectivity index (χ0n) is 12.4. The quantitative estimate of drug-likeness (QED) is 0.801. The summed E-state index contributed by atoms with van der Waals surface area (Å²) in [5.74, 6) is 0.419. The Labute approximate surface area is 125 Å². The molecule has 0 heterocycles. The second kappa shape index (κ2) is 6.48. The summed E-state index contributed by atoms with van der Waals surface area (Å²) in [7, 11) is 0. The molecule has 21 heavy (non-hydrogen) atoms. The maximum absolute atomic E-state index is 12.1. The van der Waals surface area contributed by atoms with E-state index in [0.29, 0.717) is 5.92 Å². The van der Waals surface area contributed by atoms with E-state index in [0.717, 1.165) is 44.2 Å². The summed E-state index contributed by atoms with van der Waals surface area (Å²) in [6.45, 7) is 0.272. The van der Waals surface area contributed by atoms with Crippen molar-refractivity contribution in [1.29, 1.82) is 0 Å². The van der Waals surface area contributed by atoms with E-state index in [2.05, 4.69) is 22.8 Å². The number of nitrogens with one attached hydrogen (secondary N) is 2. The van der Waals surface area contributed by atoms with E-state index in [9.17, 15) is 4.79 Å². The number of benzene rings is 1. The molecule has 0 aromatic heterocycles. The minimum absolute atomic E-state index is 0.111. The molecule has 0 radical (unpaired) electrons. The molecule has 1 fully saturated rings. The van der Waals surface area contributed by atoms with Gasteiger partial charge in [0.1, 0.15) is 0 Å². The van der Waals surface area contributed by atoms with Gasteiger partial charge in [0.15, 0.2) is 0 Å². The molecule has 4 nitrogen and oxygen atoms in total. The fourth-order valence-corrected chi connectivity index (χ4v) is 3.49. The number of aryl methyl sites for hydroxylation is 2. The topological polar surface area (TPSA) is 61.4 Å². The van der Waals surface area contributed by atoms with Crippen molar-refractivity contribution in [2.75, 3.05) is 11.9 Å². The summed E-state index contributed by atoms with van der Waals surface area (Å²) in [5.41, 5.74) is 3.68. The van der Waals surface area contributed by atoms with E-state index in [-0.39, 0.29) is 18.7 Å². The van der Waals surface area contributed by atoms with E-state index in [1.165, 1.54) is 17.5 Å². The first-order valence-corrected chi connectivity index (χ1v) is 8.05. The van der Waals surface area contributed by atoms with Crippen molar-refractivity contribution in [2.24, 2.45) is 5.92 Å². The van der Waals surface area contributed by atoms with Crippen LogP contribution in [0.1, 0.15) is 43.2 Å². The van der Waals surface area contributed by atoms with Gasteiger partial charge in [-0.15, -0.1) is 0 Å². The zero-order chi connectivity index (χ0) is 14.7. The summed E-state index contributed by atoms with van der Waals surface area (Å²) < 4.78 is 0. The van der Waals surface area contributed by atoms with E-state index in [1.54, 1.807) is 0 Å². The van der Waals surface area contributed by atoms with Crippen LogP contribution in [0.15, 0.2) is 18.2 Å². The predicted octanol–water partition coefficient (Wildman–Crippen LogP) is 2.85. The lowest BCUT2D eigenvalue weighted by Crippen LogP contribution is -2.40. The van der Waals surface area contributed by atoms with Crippen molar-refractivity contribution >= 4 is 11.7 Å². The SMILES string of the molecule is O=C(Nc1ccc2c(c1)CCC2)NC1CCC(CO)CC1. The Balaban J connectivity index is 1.50. The monoisotopic (exact) mass is 288 g/mol. The molecule has 0 unspecified atom stereocenters. The van der Waals surface area contributed by atoms with E-state index in [1.807, 2.05) is 6.07 Å². The van der Waals surface area contributed by atoms with Crippen molar-refractivity contribution in [2.45, 2.75) is 51.0 Å². The predicted molar refractivity (Wildman–Crippen MR) is 83.5 cm³/mol. The van der Waals surface area contributed by atoms with Gasteiger partial charge in [-0.25, -0.2) is 4.79 Å². The molecule has 0 aliphatic heterocycles. The van der Waals surface area contributed by atoms with Gasteiger partial charge in [-0.2, -0.15) is 0 Å². The summed E-state index contributed by atoms with van der Waals surface area (Å²) in [4.78, 5) is 12.1. The van der Waals surface area contributed by atoms with Crippen LogP contribution in [0.25, 0.3) is 0 Å². The van der Waals surface area contributed by atoms with Crippen molar-refractivity contribution in [1.82, 2.24) is 5.32 Å². The fourth-order valence-electron chi connectivity index (χ4n) is 3.49. The molecule has 2 aliphatic rings. The summed E-state index contributed by atoms with van der Waals surface area (Å²) >= 11 is 0. The lowest BCUT2D eigenvalue weighted by Gasteiger charge is -2.28. The van der Waals surface area contributed by atoms with Crippen LogP contribution in [0, 0.1) is 5.92 Å². The van der Waals surface area contributed by atoms with Crippen molar-refractivity contribution in [3.05, 3.63) is 29.3 Å². The number of rotatable bonds is 3. The lowest BCUT2D eigenvalue weighted by atomic mass is 9.87. The number of hydrogen-bond acceptors (Lipinski definition) is 2. The van der Waals surface area contributed by atoms with Crippen LogP contribution in [0.3, 0.4) is 0 Å². The number of carbonyl (C=O) groups excluding carboxylic acids is 1. The number of amides is 2. The maximum atomic E-state index is 12.1. The Morgan fingerprint density at radius 3 is 2.67 bits per heavy atom. The van der Waals surface area contributed by atoms with Crippen LogP contribution >= 0.6 is 0 Å². The standard InChI is InChI=1S/C17H24N2O2/c20-11-12-4-7-15(8-5-12)18-17(21)19-16-9-6-13-2-1-3-14(13)10-16/h6,9-10,12,15,20H,1-5,7-8,11H2,(H2,18,19,21). The highest BCUT2D eigenvalue weighted by atomic mass is 16.3. The molecule has 3 rings (SSSR count). The van der Waals surface area contributed by atoms with Gasteiger partial charge in [0, 0.05) is 18.3 Å². The maximum Gasteiger partial charge on any atom is 0.319 e. The van der Waals surface area contributed by atoms with Crippen LogP contribution in [0.2, 0.25) is 0 Å². The van der Waals surface area contributed by atoms with Crippen molar-refractivity contribution in [3.8, 4) is 0 Å². The van der Waals surface area contributed by atoms with Crippen molar-refractivity contribution < 1.29 is 9.90 Å². The molecule has 1 saturated carbocycles. The molecule has 0 bridgehead atoms. The third-order valence-electron chi connectivity index (χ3n) is 4.80. The number of anilines is 1. The molecule has 1 aromatic rings. The normalized spacial score (nSPS) is 24.4. The Bertz CT molecular complexity index is 508. The van der Waals surface area contributed by atoms with Gasteiger partial charge in [0.05, 0.1) is 0 Å². The highest BCUT2D eigenvalue weighted by Gasteiger charge is 2.22. The molecule has 2 amide bonds. The van der Waals surface area contributed by atoms with Gasteiger partial charge in [-0.05, 0) is 74.1 Å². The van der Waals surface area contributed by atoms with Gasteiger partial charge in [-0.3, -0.25) is 0 Å². The molecular formula is C17H24N2O2. The molecule has 1 aromatic carbocycles. The second-order valence-electron chi connectivity index (χ2n) is 6.34. The molecule has 114 valence electrons. The molecular weight excluding hydrogens is 264 g/mol. The number of carbonyl (C=O) groups is 1. The largest absolute Gasteiger partial charge is 0.396 e. The Hall–Kier alpha value is -1.55. The van der Waals surface area contributed by atoms with Crippen molar-refractivity contribution in [3.63, 3.8) is 0 Å². The number of hydrogen-bond donors (Lipinski definition) is 3. The Morgan fingerprint density at radius 2 is 1.90 bits per heavy atom. The molecule has 0 saturated heterocycles. The Kier molecular flexibility index (Phi) is 4.44. The van der Waals surface area contributed by atoms with Gasteiger partial charge in [-0.1, -0.05) is 6.07 Å². The summed E-state index contributed by atoms with van der Waals surface area (Å²) in [6, 6.07) is 6.35. The van der Waals surface area contributed by atoms with E-state index < -0.39 is 0 Å². The van der Waals surface area contributed by atoms with Crippen LogP contribution < -0.4 is 10.6 Å². The second-order valence-corrected chi connectivity index (χ2v) is 6.34. The number of fused-ring (bicyclic) bond motifs is 1. The van der Waals surface area contributed by atoms with Gasteiger partial charge >= 0.3 is 6.03 Å². The summed E-state index contributed by atoms with van der Waals surface area (Å²) in [6.07, 6.45) is 7.43. The fraction of sp³-hybridized carbons (Fsp3) is 0.588. The minimum Gasteiger partial charge on any atom is -0.396 e. The van der Waals surface area contributed by atoms with Gasteiger partial charge in [0.25, 0.3) is 0 Å². The summed E-state index contributed by atoms with van der Waals surface area (Å²) in [5, 5.41) is 15.1. The molecule has 2 aliphatic carbocycles. The first-order valence-electron chi connectivity index (χ1n) is 8.05. The van der Waals surface area contributed by atoms with Gasteiger partial charge in [0.2, 0.25) is 0 Å². The third-order valence-corrected chi connectivity index (χ3v) is 4.80. The zero-order valence-corrected chi connectivity index (χ0v) is 12.4.